The highest BCUT2D eigenvalue weighted by atomic mass is 35.5. The predicted octanol–water partition coefficient (Wildman–Crippen LogP) is 2.57. The van der Waals surface area contributed by atoms with Crippen LogP contribution in [0.2, 0.25) is 5.02 Å². The minimum atomic E-state index is -0.979. The Morgan fingerprint density at radius 1 is 1.09 bits per heavy atom. The van der Waals surface area contributed by atoms with Gasteiger partial charge >= 0.3 is 11.8 Å². The molecule has 2 N–H and O–H groups in total. The van der Waals surface area contributed by atoms with Crippen LogP contribution in [-0.2, 0) is 9.59 Å². The van der Waals surface area contributed by atoms with E-state index in [1.807, 2.05) is 5.43 Å². The van der Waals surface area contributed by atoms with Crippen LogP contribution in [0.25, 0.3) is 0 Å². The second-order valence-electron chi connectivity index (χ2n) is 4.19. The minimum Gasteiger partial charge on any atom is -0.318 e. The molecule has 0 aromatic heterocycles. The summed E-state index contributed by atoms with van der Waals surface area (Å²) in [6.45, 7) is 0. The average Bonchev–Trinajstić information content (AvgIpc) is 2.49. The van der Waals surface area contributed by atoms with Crippen molar-refractivity contribution in [3.05, 3.63) is 64.9 Å². The summed E-state index contributed by atoms with van der Waals surface area (Å²) in [5.74, 6) is -2.37. The van der Waals surface area contributed by atoms with Gasteiger partial charge in [0.25, 0.3) is 0 Å². The molecular formula is C15H11ClFN3O2. The van der Waals surface area contributed by atoms with Gasteiger partial charge in [-0.3, -0.25) is 9.59 Å². The van der Waals surface area contributed by atoms with Crippen LogP contribution in [0.3, 0.4) is 0 Å². The largest absolute Gasteiger partial charge is 0.329 e. The van der Waals surface area contributed by atoms with Crippen molar-refractivity contribution in [2.45, 2.75) is 0 Å². The van der Waals surface area contributed by atoms with Crippen LogP contribution in [0.5, 0.6) is 0 Å². The van der Waals surface area contributed by atoms with E-state index in [9.17, 15) is 14.0 Å². The van der Waals surface area contributed by atoms with Gasteiger partial charge in [0.15, 0.2) is 0 Å². The second kappa shape index (κ2) is 7.33. The van der Waals surface area contributed by atoms with Crippen molar-refractivity contribution >= 4 is 35.3 Å². The summed E-state index contributed by atoms with van der Waals surface area (Å²) in [6.07, 6.45) is 1.11. The Balaban J connectivity index is 1.92. The van der Waals surface area contributed by atoms with Gasteiger partial charge in [-0.05, 0) is 24.3 Å². The number of hydrogen-bond donors (Lipinski definition) is 2. The summed E-state index contributed by atoms with van der Waals surface area (Å²) in [5.41, 5.74) is 2.58. The van der Waals surface area contributed by atoms with Gasteiger partial charge in [-0.1, -0.05) is 35.9 Å². The maximum absolute atomic E-state index is 13.3. The number of anilines is 1. The van der Waals surface area contributed by atoms with Crippen LogP contribution >= 0.6 is 11.6 Å². The molecule has 112 valence electrons. The Bertz CT molecular complexity index is 734. The zero-order valence-electron chi connectivity index (χ0n) is 11.2. The van der Waals surface area contributed by atoms with Gasteiger partial charge in [0.05, 0.1) is 6.21 Å². The van der Waals surface area contributed by atoms with Crippen LogP contribution in [0.15, 0.2) is 53.6 Å². The summed E-state index contributed by atoms with van der Waals surface area (Å²) in [5, 5.41) is 6.32. The third-order valence-corrected chi connectivity index (χ3v) is 2.80. The van der Waals surface area contributed by atoms with Gasteiger partial charge in [-0.15, -0.1) is 0 Å². The zero-order valence-corrected chi connectivity index (χ0v) is 12.0. The molecule has 22 heavy (non-hydrogen) atoms. The van der Waals surface area contributed by atoms with E-state index in [4.69, 9.17) is 11.6 Å². The molecule has 2 amide bonds. The average molecular weight is 320 g/mol. The maximum Gasteiger partial charge on any atom is 0.329 e. The fourth-order valence-corrected chi connectivity index (χ4v) is 1.74. The highest BCUT2D eigenvalue weighted by Crippen LogP contribution is 2.14. The molecular weight excluding hydrogens is 309 g/mol. The Kier molecular flexibility index (Phi) is 5.21. The molecule has 0 aliphatic rings. The van der Waals surface area contributed by atoms with Crippen LogP contribution in [0.1, 0.15) is 5.56 Å². The number of hydrazone groups is 1. The summed E-state index contributed by atoms with van der Waals surface area (Å²) < 4.78 is 13.3. The molecule has 5 nitrogen and oxygen atoms in total. The summed E-state index contributed by atoms with van der Waals surface area (Å²) >= 11 is 5.76. The van der Waals surface area contributed by atoms with Crippen molar-refractivity contribution in [1.82, 2.24) is 5.43 Å². The molecule has 0 bridgehead atoms. The molecule has 0 unspecified atom stereocenters. The monoisotopic (exact) mass is 319 g/mol. The lowest BCUT2D eigenvalue weighted by Crippen LogP contribution is -2.32. The van der Waals surface area contributed by atoms with Crippen molar-refractivity contribution < 1.29 is 14.0 Å². The lowest BCUT2D eigenvalue weighted by atomic mass is 10.2. The SMILES string of the molecule is O=C(N/N=C\c1ccccc1F)C(=O)Nc1cccc(Cl)c1. The number of carbonyl (C=O) groups is 2. The first-order valence-corrected chi connectivity index (χ1v) is 6.58. The highest BCUT2D eigenvalue weighted by Gasteiger charge is 2.12. The fourth-order valence-electron chi connectivity index (χ4n) is 1.55. The normalized spacial score (nSPS) is 10.5. The van der Waals surface area contributed by atoms with Crippen molar-refractivity contribution in [2.75, 3.05) is 5.32 Å². The van der Waals surface area contributed by atoms with Gasteiger partial charge in [0.2, 0.25) is 0 Å². The Labute approximate surface area is 130 Å². The fraction of sp³-hybridized carbons (Fsp3) is 0. The van der Waals surface area contributed by atoms with Gasteiger partial charge in [-0.2, -0.15) is 5.10 Å². The number of halogens is 2. The topological polar surface area (TPSA) is 70.6 Å². The zero-order chi connectivity index (χ0) is 15.9. The third kappa shape index (κ3) is 4.39. The van der Waals surface area contributed by atoms with E-state index in [0.717, 1.165) is 6.21 Å². The number of nitrogens with zero attached hydrogens (tertiary/aromatic N) is 1. The lowest BCUT2D eigenvalue weighted by molar-refractivity contribution is -0.136. The van der Waals surface area contributed by atoms with E-state index < -0.39 is 17.6 Å². The standard InChI is InChI=1S/C15H11ClFN3O2/c16-11-5-3-6-12(8-11)19-14(21)15(22)20-18-9-10-4-1-2-7-13(10)17/h1-9H,(H,19,21)(H,20,22)/b18-9-. The smallest absolute Gasteiger partial charge is 0.318 e. The first-order chi connectivity index (χ1) is 10.6. The number of amides is 2. The van der Waals surface area contributed by atoms with E-state index >= 15 is 0 Å². The van der Waals surface area contributed by atoms with Crippen molar-refractivity contribution in [3.63, 3.8) is 0 Å². The molecule has 0 atom stereocenters. The summed E-state index contributed by atoms with van der Waals surface area (Å²) in [7, 11) is 0. The first kappa shape index (κ1) is 15.7. The number of rotatable bonds is 3. The Hall–Kier alpha value is -2.73. The van der Waals surface area contributed by atoms with Gasteiger partial charge in [-0.25, -0.2) is 9.82 Å². The molecule has 2 rings (SSSR count). The van der Waals surface area contributed by atoms with E-state index in [2.05, 4.69) is 10.4 Å². The van der Waals surface area contributed by atoms with Crippen LogP contribution in [-0.4, -0.2) is 18.0 Å². The van der Waals surface area contributed by atoms with Gasteiger partial charge in [0, 0.05) is 16.3 Å². The molecule has 0 radical (unpaired) electrons. The molecule has 2 aromatic carbocycles. The molecule has 0 aliphatic heterocycles. The van der Waals surface area contributed by atoms with Gasteiger partial charge in [0.1, 0.15) is 5.82 Å². The van der Waals surface area contributed by atoms with Crippen molar-refractivity contribution in [1.29, 1.82) is 0 Å². The molecule has 0 heterocycles. The summed E-state index contributed by atoms with van der Waals surface area (Å²) in [6, 6.07) is 12.2. The predicted molar refractivity (Wildman–Crippen MR) is 82.2 cm³/mol. The van der Waals surface area contributed by atoms with Crippen molar-refractivity contribution in [3.8, 4) is 0 Å². The molecule has 0 saturated heterocycles. The molecule has 0 fully saturated rings. The van der Waals surface area contributed by atoms with E-state index in [0.29, 0.717) is 10.7 Å². The first-order valence-electron chi connectivity index (χ1n) is 6.21. The Morgan fingerprint density at radius 3 is 2.59 bits per heavy atom. The van der Waals surface area contributed by atoms with Crippen molar-refractivity contribution in [2.24, 2.45) is 5.10 Å². The van der Waals surface area contributed by atoms with Crippen LogP contribution in [0, 0.1) is 5.82 Å². The Morgan fingerprint density at radius 2 is 1.86 bits per heavy atom. The second-order valence-corrected chi connectivity index (χ2v) is 4.62. The number of nitrogens with one attached hydrogen (secondary N) is 2. The molecule has 0 saturated carbocycles. The summed E-state index contributed by atoms with van der Waals surface area (Å²) in [4.78, 5) is 23.2. The van der Waals surface area contributed by atoms with E-state index in [1.54, 1.807) is 24.3 Å². The number of hydrogen-bond acceptors (Lipinski definition) is 3. The van der Waals surface area contributed by atoms with E-state index in [-0.39, 0.29) is 5.56 Å². The molecule has 2 aromatic rings. The number of carbonyl (C=O) groups excluding carboxylic acids is 2. The van der Waals surface area contributed by atoms with Gasteiger partial charge < -0.3 is 5.32 Å². The minimum absolute atomic E-state index is 0.193. The highest BCUT2D eigenvalue weighted by molar-refractivity contribution is 6.39. The quantitative estimate of drug-likeness (QED) is 0.518. The van der Waals surface area contributed by atoms with Crippen LogP contribution in [0.4, 0.5) is 10.1 Å². The molecule has 0 aliphatic carbocycles. The number of benzene rings is 2. The van der Waals surface area contributed by atoms with Crippen LogP contribution < -0.4 is 10.7 Å². The molecule has 0 spiro atoms. The van der Waals surface area contributed by atoms with E-state index in [1.165, 1.54) is 24.3 Å². The molecule has 7 heteroatoms. The third-order valence-electron chi connectivity index (χ3n) is 2.56. The maximum atomic E-state index is 13.3. The lowest BCUT2D eigenvalue weighted by Gasteiger charge is -2.04.